The maximum Gasteiger partial charge on any atom is 0.260 e. The Morgan fingerprint density at radius 2 is 1.74 bits per heavy atom. The third-order valence-electron chi connectivity index (χ3n) is 5.44. The van der Waals surface area contributed by atoms with E-state index in [0.29, 0.717) is 17.9 Å². The smallest absolute Gasteiger partial charge is 0.260 e. The Bertz CT molecular complexity index is 1090. The standard InChI is InChI=1S/C23H23ClF2N4O/c1-15-21(22(24)30(28-15)14-16-5-7-17(25)8-6-16)23(31)27-19-13-18(26)9-10-20(19)29-11-3-2-4-12-29/h5-10,13H,2-4,11-12,14H2,1H3,(H,27,31). The van der Waals surface area contributed by atoms with E-state index < -0.39 is 11.7 Å². The summed E-state index contributed by atoms with van der Waals surface area (Å²) < 4.78 is 28.6. The van der Waals surface area contributed by atoms with Gasteiger partial charge in [0.15, 0.2) is 0 Å². The highest BCUT2D eigenvalue weighted by Crippen LogP contribution is 2.31. The van der Waals surface area contributed by atoms with Crippen molar-refractivity contribution < 1.29 is 13.6 Å². The second-order valence-electron chi connectivity index (χ2n) is 7.70. The van der Waals surface area contributed by atoms with Gasteiger partial charge in [0.25, 0.3) is 5.91 Å². The number of nitrogens with one attached hydrogen (secondary N) is 1. The van der Waals surface area contributed by atoms with Crippen LogP contribution in [0.4, 0.5) is 20.2 Å². The minimum atomic E-state index is -0.447. The Morgan fingerprint density at radius 3 is 2.45 bits per heavy atom. The third-order valence-corrected chi connectivity index (χ3v) is 5.83. The molecular formula is C23H23ClF2N4O. The van der Waals surface area contributed by atoms with Crippen LogP contribution in [0, 0.1) is 18.6 Å². The number of anilines is 2. The number of aryl methyl sites for hydroxylation is 1. The molecule has 3 aromatic rings. The minimum absolute atomic E-state index is 0.176. The predicted molar refractivity (Wildman–Crippen MR) is 118 cm³/mol. The number of piperidine rings is 1. The molecule has 0 spiro atoms. The maximum atomic E-state index is 14.0. The monoisotopic (exact) mass is 444 g/mol. The summed E-state index contributed by atoms with van der Waals surface area (Å²) in [6, 6.07) is 10.4. The van der Waals surface area contributed by atoms with Crippen LogP contribution in [0.1, 0.15) is 40.9 Å². The molecule has 1 amide bonds. The van der Waals surface area contributed by atoms with Crippen molar-refractivity contribution in [3.63, 3.8) is 0 Å². The van der Waals surface area contributed by atoms with E-state index in [9.17, 15) is 13.6 Å². The second kappa shape index (κ2) is 9.06. The fraction of sp³-hybridized carbons (Fsp3) is 0.304. The summed E-state index contributed by atoms with van der Waals surface area (Å²) in [6.45, 7) is 3.72. The summed E-state index contributed by atoms with van der Waals surface area (Å²) in [6.07, 6.45) is 3.29. The Morgan fingerprint density at radius 1 is 1.06 bits per heavy atom. The van der Waals surface area contributed by atoms with Crippen molar-refractivity contribution in [3.8, 4) is 0 Å². The first-order valence-electron chi connectivity index (χ1n) is 10.3. The summed E-state index contributed by atoms with van der Waals surface area (Å²) >= 11 is 6.47. The lowest BCUT2D eigenvalue weighted by Crippen LogP contribution is -2.30. The van der Waals surface area contributed by atoms with Crippen LogP contribution >= 0.6 is 11.6 Å². The van der Waals surface area contributed by atoms with Crippen LogP contribution in [0.2, 0.25) is 5.15 Å². The van der Waals surface area contributed by atoms with Gasteiger partial charge in [-0.3, -0.25) is 4.79 Å². The zero-order valence-corrected chi connectivity index (χ0v) is 17.9. The molecule has 162 valence electrons. The van der Waals surface area contributed by atoms with Crippen molar-refractivity contribution in [1.29, 1.82) is 0 Å². The average Bonchev–Trinajstić information content (AvgIpc) is 3.03. The van der Waals surface area contributed by atoms with Crippen LogP contribution in [0.3, 0.4) is 0 Å². The molecule has 0 saturated carbocycles. The molecule has 1 aromatic heterocycles. The lowest BCUT2D eigenvalue weighted by atomic mass is 10.1. The van der Waals surface area contributed by atoms with Crippen LogP contribution in [-0.4, -0.2) is 28.8 Å². The van der Waals surface area contributed by atoms with E-state index in [2.05, 4.69) is 15.3 Å². The van der Waals surface area contributed by atoms with Gasteiger partial charge in [0.1, 0.15) is 16.8 Å². The van der Waals surface area contributed by atoms with Gasteiger partial charge in [0.2, 0.25) is 0 Å². The van der Waals surface area contributed by atoms with Crippen molar-refractivity contribution in [2.75, 3.05) is 23.3 Å². The topological polar surface area (TPSA) is 50.2 Å². The highest BCUT2D eigenvalue weighted by atomic mass is 35.5. The molecule has 31 heavy (non-hydrogen) atoms. The Labute approximate surface area is 184 Å². The molecule has 2 heterocycles. The molecule has 1 aliphatic rings. The number of aromatic nitrogens is 2. The van der Waals surface area contributed by atoms with Crippen LogP contribution in [0.25, 0.3) is 0 Å². The lowest BCUT2D eigenvalue weighted by Gasteiger charge is -2.30. The molecule has 1 N–H and O–H groups in total. The summed E-state index contributed by atoms with van der Waals surface area (Å²) in [5.74, 6) is -1.20. The van der Waals surface area contributed by atoms with Crippen LogP contribution in [0.15, 0.2) is 42.5 Å². The van der Waals surface area contributed by atoms with Gasteiger partial charge in [-0.2, -0.15) is 5.10 Å². The van der Waals surface area contributed by atoms with Crippen molar-refractivity contribution in [2.45, 2.75) is 32.7 Å². The van der Waals surface area contributed by atoms with E-state index in [4.69, 9.17) is 11.6 Å². The van der Waals surface area contributed by atoms with Gasteiger partial charge in [-0.05, 0) is 62.1 Å². The largest absolute Gasteiger partial charge is 0.370 e. The highest BCUT2D eigenvalue weighted by Gasteiger charge is 2.23. The molecule has 5 nitrogen and oxygen atoms in total. The number of amides is 1. The van der Waals surface area contributed by atoms with E-state index in [1.165, 1.54) is 35.4 Å². The van der Waals surface area contributed by atoms with Crippen LogP contribution in [0.5, 0.6) is 0 Å². The molecule has 0 atom stereocenters. The number of rotatable bonds is 5. The normalized spacial score (nSPS) is 14.0. The molecule has 2 aromatic carbocycles. The van der Waals surface area contributed by atoms with Gasteiger partial charge in [0, 0.05) is 13.1 Å². The minimum Gasteiger partial charge on any atom is -0.370 e. The number of nitrogens with zero attached hydrogens (tertiary/aromatic N) is 3. The number of halogens is 3. The van der Waals surface area contributed by atoms with Crippen molar-refractivity contribution in [3.05, 3.63) is 76.1 Å². The first-order valence-corrected chi connectivity index (χ1v) is 10.6. The summed E-state index contributed by atoms with van der Waals surface area (Å²) in [5, 5.41) is 7.37. The number of hydrogen-bond donors (Lipinski definition) is 1. The Hall–Kier alpha value is -2.93. The fourth-order valence-corrected chi connectivity index (χ4v) is 4.20. The molecule has 4 rings (SSSR count). The van der Waals surface area contributed by atoms with Gasteiger partial charge < -0.3 is 10.2 Å². The summed E-state index contributed by atoms with van der Waals surface area (Å²) in [5.41, 5.74) is 2.70. The van der Waals surface area contributed by atoms with E-state index in [1.54, 1.807) is 25.1 Å². The molecule has 8 heteroatoms. The van der Waals surface area contributed by atoms with Crippen LogP contribution < -0.4 is 10.2 Å². The number of carbonyl (C=O) groups is 1. The zero-order chi connectivity index (χ0) is 22.0. The summed E-state index contributed by atoms with van der Waals surface area (Å²) in [4.78, 5) is 15.2. The number of benzene rings is 2. The lowest BCUT2D eigenvalue weighted by molar-refractivity contribution is 0.102. The van der Waals surface area contributed by atoms with Gasteiger partial charge >= 0.3 is 0 Å². The molecule has 0 aliphatic carbocycles. The highest BCUT2D eigenvalue weighted by molar-refractivity contribution is 6.33. The Kier molecular flexibility index (Phi) is 6.23. The molecule has 1 fully saturated rings. The van der Waals surface area contributed by atoms with Gasteiger partial charge in [0.05, 0.1) is 29.2 Å². The third kappa shape index (κ3) is 4.71. The Balaban J connectivity index is 1.58. The van der Waals surface area contributed by atoms with Crippen molar-refractivity contribution in [2.24, 2.45) is 0 Å². The van der Waals surface area contributed by atoms with E-state index in [-0.39, 0.29) is 16.5 Å². The molecule has 0 unspecified atom stereocenters. The molecule has 0 radical (unpaired) electrons. The average molecular weight is 445 g/mol. The van der Waals surface area contributed by atoms with Gasteiger partial charge in [-0.25, -0.2) is 13.5 Å². The quantitative estimate of drug-likeness (QED) is 0.572. The molecule has 1 saturated heterocycles. The second-order valence-corrected chi connectivity index (χ2v) is 8.06. The molecule has 0 bridgehead atoms. The van der Waals surface area contributed by atoms with Crippen molar-refractivity contribution in [1.82, 2.24) is 9.78 Å². The number of carbonyl (C=O) groups excluding carboxylic acids is 1. The van der Waals surface area contributed by atoms with E-state index >= 15 is 0 Å². The molecule has 1 aliphatic heterocycles. The SMILES string of the molecule is Cc1nn(Cc2ccc(F)cc2)c(Cl)c1C(=O)Nc1cc(F)ccc1N1CCCCC1. The first-order chi connectivity index (χ1) is 14.9. The fourth-order valence-electron chi connectivity index (χ4n) is 3.88. The summed E-state index contributed by atoms with van der Waals surface area (Å²) in [7, 11) is 0. The van der Waals surface area contributed by atoms with Gasteiger partial charge in [-0.1, -0.05) is 23.7 Å². The van der Waals surface area contributed by atoms with Gasteiger partial charge in [-0.15, -0.1) is 0 Å². The first kappa shape index (κ1) is 21.3. The van der Waals surface area contributed by atoms with Crippen molar-refractivity contribution >= 4 is 28.9 Å². The number of hydrogen-bond acceptors (Lipinski definition) is 3. The molecular weight excluding hydrogens is 422 g/mol. The maximum absolute atomic E-state index is 14.0. The predicted octanol–water partition coefficient (Wildman–Crippen LogP) is 5.41. The zero-order valence-electron chi connectivity index (χ0n) is 17.2. The van der Waals surface area contributed by atoms with Crippen LogP contribution in [-0.2, 0) is 6.54 Å². The van der Waals surface area contributed by atoms with E-state index in [0.717, 1.165) is 37.2 Å². The van der Waals surface area contributed by atoms with E-state index in [1.807, 2.05) is 0 Å².